The summed E-state index contributed by atoms with van der Waals surface area (Å²) >= 11 is 5.82. The van der Waals surface area contributed by atoms with Gasteiger partial charge in [0.1, 0.15) is 5.82 Å². The summed E-state index contributed by atoms with van der Waals surface area (Å²) in [6.07, 6.45) is -1.36. The van der Waals surface area contributed by atoms with Gasteiger partial charge in [0.15, 0.2) is 0 Å². The van der Waals surface area contributed by atoms with Crippen LogP contribution in [0.2, 0.25) is 5.02 Å². The first kappa shape index (κ1) is 10.9. The summed E-state index contributed by atoms with van der Waals surface area (Å²) in [4.78, 5) is 11.0. The number of carboxylic acid groups (broad SMARTS) is 1. The lowest BCUT2D eigenvalue weighted by Crippen LogP contribution is -2.12. The molecular weight excluding hydrogens is 237 g/mol. The number of aliphatic hydroxyl groups is 1. The summed E-state index contributed by atoms with van der Waals surface area (Å²) in [5, 5.41) is 18.5. The van der Waals surface area contributed by atoms with Crippen molar-refractivity contribution in [1.82, 2.24) is 4.57 Å². The Morgan fingerprint density at radius 3 is 2.75 bits per heavy atom. The highest BCUT2D eigenvalue weighted by atomic mass is 35.5. The SMILES string of the molecule is O=C(O)n1c(CO)cc2c(Cl)ccc(F)c21. The van der Waals surface area contributed by atoms with E-state index in [9.17, 15) is 9.18 Å². The van der Waals surface area contributed by atoms with Gasteiger partial charge in [-0.2, -0.15) is 0 Å². The van der Waals surface area contributed by atoms with E-state index in [2.05, 4.69) is 0 Å². The molecule has 0 unspecified atom stereocenters. The van der Waals surface area contributed by atoms with Crippen molar-refractivity contribution in [2.45, 2.75) is 6.61 Å². The number of nitrogens with zero attached hydrogens (tertiary/aromatic N) is 1. The zero-order valence-electron chi connectivity index (χ0n) is 7.94. The third-order valence-electron chi connectivity index (χ3n) is 2.29. The number of aromatic nitrogens is 1. The van der Waals surface area contributed by atoms with Crippen LogP contribution in [0.4, 0.5) is 9.18 Å². The molecule has 2 N–H and O–H groups in total. The van der Waals surface area contributed by atoms with Crippen LogP contribution in [0.25, 0.3) is 10.9 Å². The molecule has 0 amide bonds. The third-order valence-corrected chi connectivity index (χ3v) is 2.62. The molecule has 2 rings (SSSR count). The van der Waals surface area contributed by atoms with Crippen LogP contribution in [-0.2, 0) is 6.61 Å². The summed E-state index contributed by atoms with van der Waals surface area (Å²) in [5.74, 6) is -0.693. The van der Waals surface area contributed by atoms with Crippen molar-refractivity contribution in [3.05, 3.63) is 34.7 Å². The van der Waals surface area contributed by atoms with Gasteiger partial charge in [-0.05, 0) is 18.2 Å². The number of aliphatic hydroxyl groups excluding tert-OH is 1. The van der Waals surface area contributed by atoms with Crippen LogP contribution in [0.3, 0.4) is 0 Å². The first-order chi connectivity index (χ1) is 7.56. The van der Waals surface area contributed by atoms with Crippen LogP contribution < -0.4 is 0 Å². The topological polar surface area (TPSA) is 62.5 Å². The fraction of sp³-hybridized carbons (Fsp3) is 0.100. The van der Waals surface area contributed by atoms with Crippen molar-refractivity contribution in [3.8, 4) is 0 Å². The number of rotatable bonds is 1. The van der Waals surface area contributed by atoms with Crippen molar-refractivity contribution in [2.75, 3.05) is 0 Å². The molecule has 0 saturated heterocycles. The molecule has 0 aliphatic rings. The van der Waals surface area contributed by atoms with Crippen molar-refractivity contribution in [3.63, 3.8) is 0 Å². The quantitative estimate of drug-likeness (QED) is 0.809. The molecule has 0 aliphatic heterocycles. The van der Waals surface area contributed by atoms with Gasteiger partial charge in [0, 0.05) is 5.39 Å². The second-order valence-electron chi connectivity index (χ2n) is 3.20. The monoisotopic (exact) mass is 243 g/mol. The van der Waals surface area contributed by atoms with Gasteiger partial charge in [-0.15, -0.1) is 0 Å². The van der Waals surface area contributed by atoms with Crippen molar-refractivity contribution >= 4 is 28.6 Å². The molecule has 0 atom stereocenters. The molecule has 2 aromatic rings. The summed E-state index contributed by atoms with van der Waals surface area (Å²) in [5.41, 5.74) is -0.0569. The molecule has 1 aromatic heterocycles. The molecule has 0 fully saturated rings. The van der Waals surface area contributed by atoms with Crippen molar-refractivity contribution < 1.29 is 19.4 Å². The summed E-state index contributed by atoms with van der Waals surface area (Å²) in [6.45, 7) is -0.503. The highest BCUT2D eigenvalue weighted by Crippen LogP contribution is 2.29. The predicted molar refractivity (Wildman–Crippen MR) is 56.3 cm³/mol. The maximum atomic E-state index is 13.5. The molecule has 0 bridgehead atoms. The molecule has 6 heteroatoms. The Hall–Kier alpha value is -1.59. The van der Waals surface area contributed by atoms with E-state index in [1.54, 1.807) is 0 Å². The van der Waals surface area contributed by atoms with E-state index in [1.807, 2.05) is 0 Å². The summed E-state index contributed by atoms with van der Waals surface area (Å²) in [6, 6.07) is 3.78. The Morgan fingerprint density at radius 1 is 1.50 bits per heavy atom. The lowest BCUT2D eigenvalue weighted by molar-refractivity contribution is 0.193. The van der Waals surface area contributed by atoms with E-state index >= 15 is 0 Å². The molecule has 0 aliphatic carbocycles. The lowest BCUT2D eigenvalue weighted by Gasteiger charge is -2.03. The van der Waals surface area contributed by atoms with Gasteiger partial charge in [-0.1, -0.05) is 11.6 Å². The minimum absolute atomic E-state index is 0.0782. The van der Waals surface area contributed by atoms with Crippen molar-refractivity contribution in [2.24, 2.45) is 0 Å². The largest absolute Gasteiger partial charge is 0.464 e. The van der Waals surface area contributed by atoms with E-state index in [1.165, 1.54) is 12.1 Å². The summed E-state index contributed by atoms with van der Waals surface area (Å²) in [7, 11) is 0. The van der Waals surface area contributed by atoms with E-state index in [-0.39, 0.29) is 21.6 Å². The van der Waals surface area contributed by atoms with Crippen LogP contribution >= 0.6 is 11.6 Å². The predicted octanol–water partition coefficient (Wildman–Crippen LogP) is 2.45. The first-order valence-electron chi connectivity index (χ1n) is 4.38. The molecule has 0 radical (unpaired) electrons. The smallest absolute Gasteiger partial charge is 0.416 e. The number of carbonyl (C=O) groups is 1. The van der Waals surface area contributed by atoms with Gasteiger partial charge in [0.2, 0.25) is 0 Å². The van der Waals surface area contributed by atoms with E-state index < -0.39 is 18.5 Å². The maximum absolute atomic E-state index is 13.5. The van der Waals surface area contributed by atoms with Crippen molar-refractivity contribution in [1.29, 1.82) is 0 Å². The highest BCUT2D eigenvalue weighted by Gasteiger charge is 2.18. The average Bonchev–Trinajstić information content (AvgIpc) is 2.64. The van der Waals surface area contributed by atoms with E-state index in [0.717, 1.165) is 6.07 Å². The van der Waals surface area contributed by atoms with Gasteiger partial charge in [-0.3, -0.25) is 0 Å². The molecule has 84 valence electrons. The van der Waals surface area contributed by atoms with Crippen LogP contribution in [0.5, 0.6) is 0 Å². The lowest BCUT2D eigenvalue weighted by atomic mass is 10.2. The molecule has 0 spiro atoms. The van der Waals surface area contributed by atoms with Crippen LogP contribution in [0, 0.1) is 5.82 Å². The fourth-order valence-corrected chi connectivity index (χ4v) is 1.84. The Kier molecular flexibility index (Phi) is 2.57. The van der Waals surface area contributed by atoms with Gasteiger partial charge in [0.25, 0.3) is 0 Å². The number of hydrogen-bond acceptors (Lipinski definition) is 2. The molecule has 16 heavy (non-hydrogen) atoms. The molecule has 1 heterocycles. The normalized spacial score (nSPS) is 10.9. The zero-order chi connectivity index (χ0) is 11.9. The first-order valence-corrected chi connectivity index (χ1v) is 4.76. The Balaban J connectivity index is 2.94. The standard InChI is InChI=1S/C10H7ClFNO3/c11-7-1-2-8(12)9-6(7)3-5(4-14)13(9)10(15)16/h1-3,14H,4H2,(H,15,16). The summed E-state index contributed by atoms with van der Waals surface area (Å²) < 4.78 is 14.2. The average molecular weight is 244 g/mol. The molecule has 4 nitrogen and oxygen atoms in total. The third kappa shape index (κ3) is 1.45. The minimum Gasteiger partial charge on any atom is -0.464 e. The van der Waals surface area contributed by atoms with Gasteiger partial charge in [0.05, 0.1) is 22.8 Å². The van der Waals surface area contributed by atoms with E-state index in [0.29, 0.717) is 4.57 Å². The fourth-order valence-electron chi connectivity index (χ4n) is 1.63. The van der Waals surface area contributed by atoms with Crippen LogP contribution in [0.1, 0.15) is 5.69 Å². The van der Waals surface area contributed by atoms with Gasteiger partial charge < -0.3 is 10.2 Å². The van der Waals surface area contributed by atoms with Gasteiger partial charge >= 0.3 is 6.09 Å². The van der Waals surface area contributed by atoms with Crippen LogP contribution in [-0.4, -0.2) is 20.9 Å². The van der Waals surface area contributed by atoms with Gasteiger partial charge in [-0.25, -0.2) is 13.8 Å². The molecule has 1 aromatic carbocycles. The molecule has 0 saturated carbocycles. The second-order valence-corrected chi connectivity index (χ2v) is 3.61. The van der Waals surface area contributed by atoms with Crippen LogP contribution in [0.15, 0.2) is 18.2 Å². The number of hydrogen-bond donors (Lipinski definition) is 2. The number of benzene rings is 1. The maximum Gasteiger partial charge on any atom is 0.416 e. The highest BCUT2D eigenvalue weighted by molar-refractivity contribution is 6.35. The molecular formula is C10H7ClFNO3. The Morgan fingerprint density at radius 2 is 2.19 bits per heavy atom. The Bertz CT molecular complexity index is 579. The second kappa shape index (κ2) is 3.77. The Labute approximate surface area is 94.5 Å². The minimum atomic E-state index is -1.36. The number of halogens is 2. The zero-order valence-corrected chi connectivity index (χ0v) is 8.70. The number of fused-ring (bicyclic) bond motifs is 1. The van der Waals surface area contributed by atoms with E-state index in [4.69, 9.17) is 21.8 Å².